The summed E-state index contributed by atoms with van der Waals surface area (Å²) in [6, 6.07) is 42.6. The molecule has 6 aromatic rings. The quantitative estimate of drug-likeness (QED) is 0.0626. The molecular formula is C58H77N3. The van der Waals surface area contributed by atoms with Gasteiger partial charge >= 0.3 is 0 Å². The third-order valence-electron chi connectivity index (χ3n) is 10.2. The molecule has 324 valence electrons. The average Bonchev–Trinajstić information content (AvgIpc) is 3.33. The maximum atomic E-state index is 6.37. The molecule has 0 radical (unpaired) electrons. The van der Waals surface area contributed by atoms with Gasteiger partial charge in [0.2, 0.25) is 0 Å². The number of dihydropyridines is 1. The third-order valence-corrected chi connectivity index (χ3v) is 10.2. The summed E-state index contributed by atoms with van der Waals surface area (Å²) in [4.78, 5) is 0. The molecule has 3 N–H and O–H groups in total. The first kappa shape index (κ1) is 51.7. The monoisotopic (exact) mass is 816 g/mol. The highest BCUT2D eigenvalue weighted by Crippen LogP contribution is 2.37. The molecule has 3 nitrogen and oxygen atoms in total. The van der Waals surface area contributed by atoms with Gasteiger partial charge in [-0.05, 0) is 97.7 Å². The number of hydrazine groups is 1. The van der Waals surface area contributed by atoms with Gasteiger partial charge in [0.25, 0.3) is 0 Å². The van der Waals surface area contributed by atoms with Crippen LogP contribution in [0.15, 0.2) is 176 Å². The van der Waals surface area contributed by atoms with Gasteiger partial charge in [-0.1, -0.05) is 240 Å². The van der Waals surface area contributed by atoms with E-state index < -0.39 is 0 Å². The number of nitrogens with zero attached hydrogens (tertiary/aromatic N) is 1. The molecule has 0 amide bonds. The van der Waals surface area contributed by atoms with Gasteiger partial charge in [0, 0.05) is 13.1 Å². The number of allylic oxidation sites excluding steroid dienone is 7. The predicted octanol–water partition coefficient (Wildman–Crippen LogP) is 17.0. The van der Waals surface area contributed by atoms with Crippen LogP contribution in [0, 0.1) is 5.92 Å². The Balaban J connectivity index is 0.000000482. The van der Waals surface area contributed by atoms with Crippen molar-refractivity contribution >= 4 is 32.3 Å². The van der Waals surface area contributed by atoms with Crippen LogP contribution in [0.4, 0.5) is 0 Å². The molecule has 1 aliphatic heterocycles. The van der Waals surface area contributed by atoms with Gasteiger partial charge < -0.3 is 5.32 Å². The van der Waals surface area contributed by atoms with Crippen molar-refractivity contribution in [1.82, 2.24) is 10.3 Å². The second kappa shape index (κ2) is 29.7. The molecule has 6 aromatic carbocycles. The van der Waals surface area contributed by atoms with Crippen LogP contribution in [-0.2, 0) is 0 Å². The highest BCUT2D eigenvalue weighted by atomic mass is 15.4. The summed E-state index contributed by atoms with van der Waals surface area (Å²) in [6.07, 6.45) is 19.4. The number of hydrogen-bond donors (Lipinski definition) is 2. The highest BCUT2D eigenvalue weighted by Gasteiger charge is 2.22. The Morgan fingerprint density at radius 2 is 1.10 bits per heavy atom. The second-order valence-corrected chi connectivity index (χ2v) is 14.6. The van der Waals surface area contributed by atoms with Gasteiger partial charge in [0.1, 0.15) is 0 Å². The smallest absolute Gasteiger partial charge is 0.0515 e. The molecule has 0 aromatic heterocycles. The summed E-state index contributed by atoms with van der Waals surface area (Å²) in [5.74, 6) is 6.87. The molecule has 2 unspecified atom stereocenters. The van der Waals surface area contributed by atoms with Crippen LogP contribution in [-0.4, -0.2) is 18.1 Å². The summed E-state index contributed by atoms with van der Waals surface area (Å²) < 4.78 is 0. The Labute approximate surface area is 371 Å². The lowest BCUT2D eigenvalue weighted by Crippen LogP contribution is -2.38. The Kier molecular flexibility index (Phi) is 25.1. The van der Waals surface area contributed by atoms with E-state index >= 15 is 0 Å². The van der Waals surface area contributed by atoms with Crippen LogP contribution in [0.1, 0.15) is 107 Å². The molecule has 3 heteroatoms. The van der Waals surface area contributed by atoms with Gasteiger partial charge in [-0.3, -0.25) is 5.84 Å². The van der Waals surface area contributed by atoms with Gasteiger partial charge in [-0.15, -0.1) is 0 Å². The maximum absolute atomic E-state index is 6.37. The van der Waals surface area contributed by atoms with E-state index in [9.17, 15) is 0 Å². The van der Waals surface area contributed by atoms with E-state index in [1.165, 1.54) is 72.1 Å². The van der Waals surface area contributed by atoms with E-state index in [0.717, 1.165) is 25.9 Å². The Morgan fingerprint density at radius 3 is 1.51 bits per heavy atom. The molecule has 0 bridgehead atoms. The summed E-state index contributed by atoms with van der Waals surface area (Å²) in [7, 11) is 0. The van der Waals surface area contributed by atoms with Gasteiger partial charge in [0.05, 0.1) is 6.04 Å². The Morgan fingerprint density at radius 1 is 0.639 bits per heavy atom. The minimum absolute atomic E-state index is 0.234. The van der Waals surface area contributed by atoms with Crippen molar-refractivity contribution in [1.29, 1.82) is 0 Å². The van der Waals surface area contributed by atoms with E-state index in [2.05, 4.69) is 194 Å². The number of benzene rings is 6. The molecule has 0 saturated heterocycles. The maximum Gasteiger partial charge on any atom is 0.0515 e. The Hall–Kier alpha value is -5.48. The molecule has 0 aliphatic carbocycles. The van der Waals surface area contributed by atoms with Crippen LogP contribution in [0.5, 0.6) is 0 Å². The largest absolute Gasteiger partial charge is 0.387 e. The van der Waals surface area contributed by atoms with Gasteiger partial charge in [-0.25, -0.2) is 5.01 Å². The SMILES string of the molecule is C=C/C=C\C=C/CC.CC.CC.CC1=CCNC=C1.CCC.CCC(C)C(c1ccc(-c2ccc(-c3ccc4c5ccccc5c5ccccc5c4c3)cc2)cc1)N(N)CC. The molecule has 2 atom stereocenters. The fourth-order valence-electron chi connectivity index (χ4n) is 6.99. The minimum atomic E-state index is 0.234. The minimum Gasteiger partial charge on any atom is -0.387 e. The molecule has 0 fully saturated rings. The summed E-state index contributed by atoms with van der Waals surface area (Å²) in [6.45, 7) is 28.4. The highest BCUT2D eigenvalue weighted by molar-refractivity contribution is 6.25. The molecule has 0 saturated carbocycles. The van der Waals surface area contributed by atoms with Crippen LogP contribution >= 0.6 is 0 Å². The lowest BCUT2D eigenvalue weighted by molar-refractivity contribution is 0.155. The van der Waals surface area contributed by atoms with Crippen LogP contribution in [0.2, 0.25) is 0 Å². The van der Waals surface area contributed by atoms with Crippen molar-refractivity contribution in [2.75, 3.05) is 13.1 Å². The fraction of sp³-hybridized carbons (Fsp3) is 0.310. The van der Waals surface area contributed by atoms with Gasteiger partial charge in [-0.2, -0.15) is 0 Å². The number of rotatable bonds is 10. The normalized spacial score (nSPS) is 12.6. The first-order chi connectivity index (χ1) is 29.8. The fourth-order valence-corrected chi connectivity index (χ4v) is 6.99. The van der Waals surface area contributed by atoms with Crippen molar-refractivity contribution < 1.29 is 0 Å². The zero-order valence-electron chi connectivity index (χ0n) is 39.5. The van der Waals surface area contributed by atoms with Crippen LogP contribution in [0.25, 0.3) is 54.6 Å². The molecule has 0 spiro atoms. The third kappa shape index (κ3) is 15.5. The number of nitrogens with one attached hydrogen (secondary N) is 1. The number of nitrogens with two attached hydrogens (primary N) is 1. The first-order valence-electron chi connectivity index (χ1n) is 22.9. The average molecular weight is 816 g/mol. The standard InChI is InChI=1S/C37H36N2.C8H12.C6H9N.C3H8.2C2H6/c1-4-25(3)37(39(38)5-2)29-20-18-27(19-21-29)26-14-16-28(17-15-26)30-22-23-35-33-12-7-6-10-31(33)32-11-8-9-13-34(32)36(35)24-30;1-3-5-7-8-6-4-2;1-6-2-4-7-5-3-6;1-3-2;2*1-2/h6-25,37H,4-5,38H2,1-3H3;3,5-8H,1,4H2,2H3;2-4,7H,5H2,1H3;3H2,1-2H3;2*1-2H3/b;7-5-,8-6-;;;;. The number of fused-ring (bicyclic) bond motifs is 6. The topological polar surface area (TPSA) is 41.3 Å². The molecule has 7 rings (SSSR count). The predicted molar refractivity (Wildman–Crippen MR) is 277 cm³/mol. The van der Waals surface area contributed by atoms with Crippen LogP contribution in [0.3, 0.4) is 0 Å². The van der Waals surface area contributed by atoms with Gasteiger partial charge in [0.15, 0.2) is 0 Å². The molecule has 1 heterocycles. The molecule has 61 heavy (non-hydrogen) atoms. The van der Waals surface area contributed by atoms with E-state index in [-0.39, 0.29) is 6.04 Å². The number of hydrogen-bond acceptors (Lipinski definition) is 3. The first-order valence-corrected chi connectivity index (χ1v) is 22.9. The van der Waals surface area contributed by atoms with E-state index in [1.54, 1.807) is 6.08 Å². The molecular weight excluding hydrogens is 739 g/mol. The summed E-state index contributed by atoms with van der Waals surface area (Å²) >= 11 is 0. The second-order valence-electron chi connectivity index (χ2n) is 14.6. The van der Waals surface area contributed by atoms with E-state index in [1.807, 2.05) is 57.1 Å². The lowest BCUT2D eigenvalue weighted by atomic mass is 9.90. The summed E-state index contributed by atoms with van der Waals surface area (Å²) in [5.41, 5.74) is 7.55. The van der Waals surface area contributed by atoms with Crippen molar-refractivity contribution in [2.45, 2.75) is 101 Å². The van der Waals surface area contributed by atoms with E-state index in [0.29, 0.717) is 5.92 Å². The van der Waals surface area contributed by atoms with Crippen LogP contribution < -0.4 is 11.2 Å². The zero-order valence-corrected chi connectivity index (χ0v) is 39.5. The van der Waals surface area contributed by atoms with Crippen molar-refractivity contribution in [3.63, 3.8) is 0 Å². The zero-order chi connectivity index (χ0) is 45.0. The lowest BCUT2D eigenvalue weighted by Gasteiger charge is -2.31. The van der Waals surface area contributed by atoms with Crippen molar-refractivity contribution in [2.24, 2.45) is 11.8 Å². The van der Waals surface area contributed by atoms with Crippen molar-refractivity contribution in [3.8, 4) is 22.3 Å². The van der Waals surface area contributed by atoms with Crippen molar-refractivity contribution in [3.05, 3.63) is 182 Å². The Bertz CT molecular complexity index is 2210. The molecule has 1 aliphatic rings. The van der Waals surface area contributed by atoms with E-state index in [4.69, 9.17) is 5.84 Å². The summed E-state index contributed by atoms with van der Waals surface area (Å²) in [5, 5.41) is 12.9.